The van der Waals surface area contributed by atoms with Gasteiger partial charge in [-0.15, -0.1) is 0 Å². The molecule has 0 aliphatic carbocycles. The second kappa shape index (κ2) is 14.0. The molecule has 1 aromatic carbocycles. The van der Waals surface area contributed by atoms with E-state index in [0.717, 1.165) is 5.56 Å². The van der Waals surface area contributed by atoms with Gasteiger partial charge in [0.2, 0.25) is 5.91 Å². The number of nitrogens with zero attached hydrogens (tertiary/aromatic N) is 1. The van der Waals surface area contributed by atoms with Crippen LogP contribution in [-0.4, -0.2) is 83.4 Å². The zero-order chi connectivity index (χ0) is 25.8. The number of methoxy groups -OCH3 is 2. The molecular formula is C23H34N2O9. The summed E-state index contributed by atoms with van der Waals surface area (Å²) in [5, 5.41) is 30.5. The standard InChI is InChI=1S/C23H34N2O9/c1-5-14(2)21(24-16(23(31)32)7-9-19(26)27)22(30)25(13-20(28)29)11-10-15-6-8-17(33-3)18(12-15)34-4/h6,8,12,14,16,21,24H,5,7,9-11,13H2,1-4H3,(H,26,27)(H,28,29)(H,31,32)/t14-,16?,21-/m0/s1. The van der Waals surface area contributed by atoms with E-state index in [2.05, 4.69) is 5.32 Å². The number of nitrogens with one attached hydrogen (secondary N) is 1. The molecule has 0 heterocycles. The van der Waals surface area contributed by atoms with Crippen molar-refractivity contribution in [2.75, 3.05) is 27.3 Å². The monoisotopic (exact) mass is 482 g/mol. The zero-order valence-electron chi connectivity index (χ0n) is 19.9. The summed E-state index contributed by atoms with van der Waals surface area (Å²) in [5.74, 6) is -3.48. The highest BCUT2D eigenvalue weighted by Gasteiger charge is 2.33. The number of hydrogen-bond donors (Lipinski definition) is 4. The molecule has 0 aliphatic rings. The predicted octanol–water partition coefficient (Wildman–Crippen LogP) is 1.48. The van der Waals surface area contributed by atoms with Crippen LogP contribution in [0.15, 0.2) is 18.2 Å². The third kappa shape index (κ3) is 8.89. The number of rotatable bonds is 16. The lowest BCUT2D eigenvalue weighted by molar-refractivity contribution is -0.147. The molecular weight excluding hydrogens is 448 g/mol. The molecule has 0 saturated heterocycles. The number of carbonyl (C=O) groups excluding carboxylic acids is 1. The van der Waals surface area contributed by atoms with Crippen LogP contribution in [0, 0.1) is 5.92 Å². The van der Waals surface area contributed by atoms with Crippen LogP contribution in [0.2, 0.25) is 0 Å². The molecule has 3 atom stereocenters. The Bertz CT molecular complexity index is 859. The van der Waals surface area contributed by atoms with E-state index in [0.29, 0.717) is 24.3 Å². The van der Waals surface area contributed by atoms with Gasteiger partial charge in [-0.25, -0.2) is 0 Å². The van der Waals surface area contributed by atoms with E-state index in [-0.39, 0.29) is 25.3 Å². The Hall–Kier alpha value is -3.34. The fourth-order valence-corrected chi connectivity index (χ4v) is 3.40. The van der Waals surface area contributed by atoms with Gasteiger partial charge in [0.1, 0.15) is 12.6 Å². The number of carboxylic acid groups (broad SMARTS) is 3. The van der Waals surface area contributed by atoms with Crippen LogP contribution in [0.1, 0.15) is 38.7 Å². The lowest BCUT2D eigenvalue weighted by Gasteiger charge is -2.32. The van der Waals surface area contributed by atoms with E-state index >= 15 is 0 Å². The van der Waals surface area contributed by atoms with Crippen molar-refractivity contribution in [3.63, 3.8) is 0 Å². The molecule has 1 amide bonds. The molecule has 0 bridgehead atoms. The maximum atomic E-state index is 13.4. The maximum Gasteiger partial charge on any atom is 0.323 e. The third-order valence-electron chi connectivity index (χ3n) is 5.56. The number of carboxylic acids is 3. The molecule has 1 aromatic rings. The molecule has 0 spiro atoms. The van der Waals surface area contributed by atoms with Gasteiger partial charge < -0.3 is 29.7 Å². The van der Waals surface area contributed by atoms with Gasteiger partial charge in [0.05, 0.1) is 20.3 Å². The smallest absolute Gasteiger partial charge is 0.323 e. The van der Waals surface area contributed by atoms with Gasteiger partial charge in [0.15, 0.2) is 11.5 Å². The highest BCUT2D eigenvalue weighted by molar-refractivity contribution is 5.86. The number of aliphatic carboxylic acids is 3. The Morgan fingerprint density at radius 3 is 2.18 bits per heavy atom. The van der Waals surface area contributed by atoms with Crippen molar-refractivity contribution < 1.29 is 44.0 Å². The average Bonchev–Trinajstić information content (AvgIpc) is 2.80. The van der Waals surface area contributed by atoms with Crippen molar-refractivity contribution in [2.45, 2.75) is 51.6 Å². The van der Waals surface area contributed by atoms with Gasteiger partial charge in [0, 0.05) is 13.0 Å². The van der Waals surface area contributed by atoms with E-state index in [1.54, 1.807) is 25.1 Å². The maximum absolute atomic E-state index is 13.4. The molecule has 0 fully saturated rings. The van der Waals surface area contributed by atoms with Crippen molar-refractivity contribution in [3.8, 4) is 11.5 Å². The Kier molecular flexibility index (Phi) is 11.8. The minimum Gasteiger partial charge on any atom is -0.493 e. The second-order valence-corrected chi connectivity index (χ2v) is 7.95. The lowest BCUT2D eigenvalue weighted by Crippen LogP contribution is -2.55. The summed E-state index contributed by atoms with van der Waals surface area (Å²) >= 11 is 0. The summed E-state index contributed by atoms with van der Waals surface area (Å²) in [6, 6.07) is 2.96. The molecule has 0 radical (unpaired) electrons. The van der Waals surface area contributed by atoms with E-state index in [1.807, 2.05) is 6.92 Å². The molecule has 190 valence electrons. The van der Waals surface area contributed by atoms with Crippen LogP contribution in [0.25, 0.3) is 0 Å². The fraction of sp³-hybridized carbons (Fsp3) is 0.565. The first-order valence-electron chi connectivity index (χ1n) is 11.0. The molecule has 0 saturated carbocycles. The summed E-state index contributed by atoms with van der Waals surface area (Å²) in [5.41, 5.74) is 0.791. The Morgan fingerprint density at radius 2 is 1.68 bits per heavy atom. The predicted molar refractivity (Wildman–Crippen MR) is 122 cm³/mol. The van der Waals surface area contributed by atoms with Gasteiger partial charge in [-0.3, -0.25) is 24.5 Å². The van der Waals surface area contributed by atoms with Crippen molar-refractivity contribution in [1.29, 1.82) is 0 Å². The Labute approximate surface area is 198 Å². The molecule has 11 nitrogen and oxygen atoms in total. The van der Waals surface area contributed by atoms with E-state index in [9.17, 15) is 29.4 Å². The fourth-order valence-electron chi connectivity index (χ4n) is 3.40. The van der Waals surface area contributed by atoms with Crippen LogP contribution in [0.4, 0.5) is 0 Å². The van der Waals surface area contributed by atoms with E-state index in [1.165, 1.54) is 19.1 Å². The average molecular weight is 483 g/mol. The number of hydrogen-bond acceptors (Lipinski definition) is 7. The van der Waals surface area contributed by atoms with Gasteiger partial charge in [-0.05, 0) is 36.5 Å². The molecule has 0 aromatic heterocycles. The van der Waals surface area contributed by atoms with Crippen LogP contribution in [0.3, 0.4) is 0 Å². The Morgan fingerprint density at radius 1 is 1.03 bits per heavy atom. The summed E-state index contributed by atoms with van der Waals surface area (Å²) < 4.78 is 10.5. The largest absolute Gasteiger partial charge is 0.493 e. The normalized spacial score (nSPS) is 13.4. The van der Waals surface area contributed by atoms with E-state index < -0.39 is 42.4 Å². The van der Waals surface area contributed by atoms with E-state index in [4.69, 9.17) is 14.6 Å². The highest BCUT2D eigenvalue weighted by atomic mass is 16.5. The lowest BCUT2D eigenvalue weighted by atomic mass is 9.95. The first-order chi connectivity index (χ1) is 16.0. The van der Waals surface area contributed by atoms with Crippen LogP contribution in [0.5, 0.6) is 11.5 Å². The number of carbonyl (C=O) groups is 4. The van der Waals surface area contributed by atoms with Crippen LogP contribution in [-0.2, 0) is 25.6 Å². The second-order valence-electron chi connectivity index (χ2n) is 7.95. The van der Waals surface area contributed by atoms with Crippen molar-refractivity contribution >= 4 is 23.8 Å². The first kappa shape index (κ1) is 28.7. The van der Waals surface area contributed by atoms with Crippen LogP contribution < -0.4 is 14.8 Å². The minimum absolute atomic E-state index is 0.0715. The third-order valence-corrected chi connectivity index (χ3v) is 5.56. The summed E-state index contributed by atoms with van der Waals surface area (Å²) in [6.45, 7) is 3.08. The first-order valence-corrected chi connectivity index (χ1v) is 11.0. The molecule has 34 heavy (non-hydrogen) atoms. The van der Waals surface area contributed by atoms with Crippen molar-refractivity contribution in [3.05, 3.63) is 23.8 Å². The number of ether oxygens (including phenoxy) is 2. The zero-order valence-corrected chi connectivity index (χ0v) is 19.9. The topological polar surface area (TPSA) is 163 Å². The quantitative estimate of drug-likeness (QED) is 0.271. The number of amides is 1. The number of benzene rings is 1. The van der Waals surface area contributed by atoms with Crippen LogP contribution >= 0.6 is 0 Å². The molecule has 1 unspecified atom stereocenters. The summed E-state index contributed by atoms with van der Waals surface area (Å²) in [4.78, 5) is 48.6. The van der Waals surface area contributed by atoms with Gasteiger partial charge in [-0.1, -0.05) is 26.3 Å². The summed E-state index contributed by atoms with van der Waals surface area (Å²) in [7, 11) is 3.00. The highest BCUT2D eigenvalue weighted by Crippen LogP contribution is 2.27. The van der Waals surface area contributed by atoms with Gasteiger partial charge >= 0.3 is 17.9 Å². The molecule has 0 aliphatic heterocycles. The molecule has 1 rings (SSSR count). The summed E-state index contributed by atoms with van der Waals surface area (Å²) in [6.07, 6.45) is 0.248. The van der Waals surface area contributed by atoms with Gasteiger partial charge in [0.25, 0.3) is 0 Å². The molecule has 4 N–H and O–H groups in total. The SMILES string of the molecule is CC[C@H](C)[C@H](NC(CCC(=O)O)C(=O)O)C(=O)N(CCc1ccc(OC)c(OC)c1)CC(=O)O. The Balaban J connectivity index is 3.11. The van der Waals surface area contributed by atoms with Crippen molar-refractivity contribution in [1.82, 2.24) is 10.2 Å². The van der Waals surface area contributed by atoms with Gasteiger partial charge in [-0.2, -0.15) is 0 Å². The molecule has 11 heteroatoms. The minimum atomic E-state index is -1.28. The van der Waals surface area contributed by atoms with Crippen molar-refractivity contribution in [2.24, 2.45) is 5.92 Å².